The van der Waals surface area contributed by atoms with E-state index in [1.54, 1.807) is 6.92 Å². The molecule has 1 saturated carbocycles. The van der Waals surface area contributed by atoms with Crippen molar-refractivity contribution >= 4 is 0 Å². The average Bonchev–Trinajstić information content (AvgIpc) is 2.99. The monoisotopic (exact) mass is 643 g/mol. The van der Waals surface area contributed by atoms with Crippen molar-refractivity contribution < 1.29 is 85.3 Å². The Labute approximate surface area is 251 Å². The summed E-state index contributed by atoms with van der Waals surface area (Å²) in [6, 6.07) is -2.01. The van der Waals surface area contributed by atoms with Crippen LogP contribution in [0.1, 0.15) is 19.8 Å². The lowest BCUT2D eigenvalue weighted by molar-refractivity contribution is -0.361. The molecule has 17 unspecified atom stereocenters. The van der Waals surface area contributed by atoms with Crippen LogP contribution >= 0.6 is 0 Å². The normalized spacial score (nSPS) is 49.9. The average molecular weight is 644 g/mol. The van der Waals surface area contributed by atoms with Gasteiger partial charge in [0.25, 0.3) is 0 Å². The van der Waals surface area contributed by atoms with Crippen LogP contribution in [0, 0.1) is 5.92 Å². The topological polar surface area (TPSA) is 312 Å². The molecule has 0 amide bonds. The van der Waals surface area contributed by atoms with Gasteiger partial charge in [-0.1, -0.05) is 13.0 Å². The van der Waals surface area contributed by atoms with Gasteiger partial charge in [-0.05, 0) is 17.9 Å². The summed E-state index contributed by atoms with van der Waals surface area (Å²) in [4.78, 5) is 0. The predicted octanol–water partition coefficient (Wildman–Crippen LogP) is -7.55. The Balaban J connectivity index is 1.42. The Kier molecular flexibility index (Phi) is 11.8. The molecule has 2 heterocycles. The first-order valence-electron chi connectivity index (χ1n) is 14.4. The Morgan fingerprint density at radius 2 is 1.39 bits per heavy atom. The third-order valence-electron chi connectivity index (χ3n) is 8.90. The van der Waals surface area contributed by atoms with Crippen LogP contribution in [-0.4, -0.2) is 190 Å². The van der Waals surface area contributed by atoms with E-state index in [-0.39, 0.29) is 18.4 Å². The second kappa shape index (κ2) is 14.4. The number of nitrogens with one attached hydrogen (secondary N) is 1. The van der Waals surface area contributed by atoms with Gasteiger partial charge >= 0.3 is 0 Å². The summed E-state index contributed by atoms with van der Waals surface area (Å²) in [6.45, 7) is -0.359. The molecule has 44 heavy (non-hydrogen) atoms. The van der Waals surface area contributed by atoms with Crippen LogP contribution in [0.3, 0.4) is 0 Å². The number of hydrogen-bond acceptors (Lipinski definition) is 18. The van der Waals surface area contributed by atoms with Gasteiger partial charge < -0.3 is 90.6 Å². The van der Waals surface area contributed by atoms with Crippen molar-refractivity contribution in [3.05, 3.63) is 11.6 Å². The van der Waals surface area contributed by atoms with E-state index in [1.165, 1.54) is 6.08 Å². The summed E-state index contributed by atoms with van der Waals surface area (Å²) < 4.78 is 22.0. The fourth-order valence-corrected chi connectivity index (χ4v) is 6.35. The van der Waals surface area contributed by atoms with Crippen LogP contribution in [-0.2, 0) is 18.9 Å². The van der Waals surface area contributed by atoms with Gasteiger partial charge in [0.2, 0.25) is 0 Å². The van der Waals surface area contributed by atoms with Gasteiger partial charge in [0.1, 0.15) is 61.0 Å². The summed E-state index contributed by atoms with van der Waals surface area (Å²) in [5.41, 5.74) is 0.242. The SMILES string of the molecule is CC1CC(OC2C(CO)OC(OC3C(CO)OC(O)C(O)C3O)C(O)C2O)C(O)C(O)C1NC1C=C(CO)CC(O)(O)C1O. The molecule has 0 bridgehead atoms. The smallest absolute Gasteiger partial charge is 0.195 e. The maximum absolute atomic E-state index is 11.0. The Morgan fingerprint density at radius 3 is 2.00 bits per heavy atom. The minimum Gasteiger partial charge on any atom is -0.394 e. The molecule has 2 aliphatic heterocycles. The lowest BCUT2D eigenvalue weighted by Gasteiger charge is -2.49. The van der Waals surface area contributed by atoms with Gasteiger partial charge in [0.05, 0.1) is 38.1 Å². The van der Waals surface area contributed by atoms with Crippen molar-refractivity contribution in [2.45, 2.75) is 123 Å². The quantitative estimate of drug-likeness (QED) is 0.0819. The van der Waals surface area contributed by atoms with Crippen LogP contribution < -0.4 is 5.32 Å². The van der Waals surface area contributed by atoms with Crippen molar-refractivity contribution in [3.8, 4) is 0 Å². The largest absolute Gasteiger partial charge is 0.394 e. The predicted molar refractivity (Wildman–Crippen MR) is 141 cm³/mol. The highest BCUT2D eigenvalue weighted by Gasteiger charge is 2.53. The summed E-state index contributed by atoms with van der Waals surface area (Å²) in [5, 5.41) is 136. The number of rotatable bonds is 9. The first-order chi connectivity index (χ1) is 20.6. The van der Waals surface area contributed by atoms with Crippen molar-refractivity contribution in [2.75, 3.05) is 19.8 Å². The molecule has 18 heteroatoms. The van der Waals surface area contributed by atoms with E-state index >= 15 is 0 Å². The summed E-state index contributed by atoms with van der Waals surface area (Å²) in [7, 11) is 0. The fourth-order valence-electron chi connectivity index (χ4n) is 6.35. The molecule has 14 N–H and O–H groups in total. The lowest BCUT2D eigenvalue weighted by Crippen LogP contribution is -2.67. The third-order valence-corrected chi connectivity index (χ3v) is 8.90. The van der Waals surface area contributed by atoms with E-state index < -0.39 is 129 Å². The standard InChI is InChI=1S/C26H45NO17/c1-8-2-11(15(31)16(32)14(8)27-10-3-9(5-28)4-26(39,40)23(10)37)41-21-13(7-30)43-25(20(36)18(21)34)44-22-12(6-29)42-24(38)19(35)17(22)33/h3,8,10-25,27-40H,2,4-7H2,1H3. The maximum atomic E-state index is 11.0. The lowest BCUT2D eigenvalue weighted by atomic mass is 9.78. The number of aliphatic hydroxyl groups excluding tert-OH is 11. The van der Waals surface area contributed by atoms with Crippen LogP contribution in [0.4, 0.5) is 0 Å². The number of ether oxygens (including phenoxy) is 4. The molecular weight excluding hydrogens is 598 g/mol. The van der Waals surface area contributed by atoms with Crippen molar-refractivity contribution in [2.24, 2.45) is 5.92 Å². The summed E-state index contributed by atoms with van der Waals surface area (Å²) in [5.74, 6) is -3.04. The summed E-state index contributed by atoms with van der Waals surface area (Å²) >= 11 is 0. The minimum atomic E-state index is -2.54. The molecule has 2 saturated heterocycles. The van der Waals surface area contributed by atoms with Gasteiger partial charge in [-0.25, -0.2) is 0 Å². The van der Waals surface area contributed by atoms with Gasteiger partial charge in [0.15, 0.2) is 18.4 Å². The molecule has 0 aromatic rings. The Morgan fingerprint density at radius 1 is 0.795 bits per heavy atom. The maximum Gasteiger partial charge on any atom is 0.195 e. The van der Waals surface area contributed by atoms with Gasteiger partial charge in [-0.15, -0.1) is 0 Å². The first-order valence-corrected chi connectivity index (χ1v) is 14.4. The molecule has 0 aromatic carbocycles. The van der Waals surface area contributed by atoms with Crippen LogP contribution in [0.25, 0.3) is 0 Å². The molecular formula is C26H45NO17. The molecule has 0 aromatic heterocycles. The highest BCUT2D eigenvalue weighted by Crippen LogP contribution is 2.35. The molecule has 4 aliphatic rings. The summed E-state index contributed by atoms with van der Waals surface area (Å²) in [6.07, 6.45) is -21.6. The van der Waals surface area contributed by atoms with Gasteiger partial charge in [-0.2, -0.15) is 0 Å². The van der Waals surface area contributed by atoms with Crippen molar-refractivity contribution in [1.82, 2.24) is 5.32 Å². The number of hydrogen-bond donors (Lipinski definition) is 14. The number of aliphatic hydroxyl groups is 13. The molecule has 17 atom stereocenters. The van der Waals surface area contributed by atoms with Crippen molar-refractivity contribution in [3.63, 3.8) is 0 Å². The van der Waals surface area contributed by atoms with E-state index in [2.05, 4.69) is 5.32 Å². The zero-order valence-electron chi connectivity index (χ0n) is 23.9. The minimum absolute atomic E-state index is 0.0417. The molecule has 3 fully saturated rings. The van der Waals surface area contributed by atoms with Crippen LogP contribution in [0.15, 0.2) is 11.6 Å². The van der Waals surface area contributed by atoms with E-state index in [4.69, 9.17) is 18.9 Å². The molecule has 4 rings (SSSR count). The second-order valence-electron chi connectivity index (χ2n) is 12.1. The molecule has 18 nitrogen and oxygen atoms in total. The van der Waals surface area contributed by atoms with E-state index in [1.807, 2.05) is 0 Å². The Bertz CT molecular complexity index is 969. The first kappa shape index (κ1) is 35.9. The van der Waals surface area contributed by atoms with Gasteiger partial charge in [0, 0.05) is 12.5 Å². The van der Waals surface area contributed by atoms with Crippen LogP contribution in [0.2, 0.25) is 0 Å². The highest BCUT2D eigenvalue weighted by molar-refractivity contribution is 5.19. The molecule has 0 radical (unpaired) electrons. The fraction of sp³-hybridized carbons (Fsp3) is 0.923. The van der Waals surface area contributed by atoms with E-state index in [0.29, 0.717) is 0 Å². The molecule has 2 aliphatic carbocycles. The van der Waals surface area contributed by atoms with Gasteiger partial charge in [-0.3, -0.25) is 0 Å². The zero-order valence-corrected chi connectivity index (χ0v) is 23.9. The molecule has 0 spiro atoms. The van der Waals surface area contributed by atoms with E-state index in [0.717, 1.165) is 0 Å². The molecule has 256 valence electrons. The highest BCUT2D eigenvalue weighted by atomic mass is 16.7. The van der Waals surface area contributed by atoms with Crippen LogP contribution in [0.5, 0.6) is 0 Å². The third kappa shape index (κ3) is 7.13. The van der Waals surface area contributed by atoms with Crippen molar-refractivity contribution in [1.29, 1.82) is 0 Å². The Hall–Kier alpha value is -0.980. The second-order valence-corrected chi connectivity index (χ2v) is 12.1. The zero-order chi connectivity index (χ0) is 32.7. The van der Waals surface area contributed by atoms with E-state index in [9.17, 15) is 66.4 Å².